The lowest BCUT2D eigenvalue weighted by molar-refractivity contribution is -0.117. The van der Waals surface area contributed by atoms with Gasteiger partial charge in [-0.15, -0.1) is 0 Å². The number of methoxy groups -OCH3 is 1. The summed E-state index contributed by atoms with van der Waals surface area (Å²) in [5, 5.41) is 6.85. The van der Waals surface area contributed by atoms with Gasteiger partial charge < -0.3 is 10.1 Å². The van der Waals surface area contributed by atoms with Gasteiger partial charge in [0.1, 0.15) is 5.75 Å². The van der Waals surface area contributed by atoms with Crippen molar-refractivity contribution in [2.45, 2.75) is 25.9 Å². The highest BCUT2D eigenvalue weighted by molar-refractivity contribution is 6.30. The zero-order valence-corrected chi connectivity index (χ0v) is 14.2. The van der Waals surface area contributed by atoms with Crippen LogP contribution in [0.2, 0.25) is 5.02 Å². The fraction of sp³-hybridized carbons (Fsp3) is 0.278. The van der Waals surface area contributed by atoms with Crippen molar-refractivity contribution in [2.75, 3.05) is 12.4 Å². The van der Waals surface area contributed by atoms with Crippen LogP contribution in [0.15, 0.2) is 48.5 Å². The molecular formula is C18H21ClN2O2. The van der Waals surface area contributed by atoms with Crippen molar-refractivity contribution in [3.63, 3.8) is 0 Å². The number of rotatable bonds is 6. The first-order chi connectivity index (χ1) is 11.0. The van der Waals surface area contributed by atoms with Crippen LogP contribution in [0.4, 0.5) is 5.69 Å². The lowest BCUT2D eigenvalue weighted by Crippen LogP contribution is -2.39. The molecule has 2 atom stereocenters. The van der Waals surface area contributed by atoms with Crippen molar-refractivity contribution in [3.8, 4) is 5.75 Å². The Bertz CT molecular complexity index is 658. The highest BCUT2D eigenvalue weighted by Gasteiger charge is 2.17. The number of halogens is 1. The van der Waals surface area contributed by atoms with E-state index in [1.54, 1.807) is 7.11 Å². The van der Waals surface area contributed by atoms with Crippen molar-refractivity contribution < 1.29 is 9.53 Å². The highest BCUT2D eigenvalue weighted by atomic mass is 35.5. The number of ether oxygens (including phenoxy) is 1. The fourth-order valence-corrected chi connectivity index (χ4v) is 2.41. The number of hydrogen-bond acceptors (Lipinski definition) is 3. The summed E-state index contributed by atoms with van der Waals surface area (Å²) in [5.74, 6) is 0.522. The van der Waals surface area contributed by atoms with E-state index >= 15 is 0 Å². The van der Waals surface area contributed by atoms with Crippen LogP contribution in [0.25, 0.3) is 0 Å². The number of nitrogens with one attached hydrogen (secondary N) is 2. The van der Waals surface area contributed by atoms with E-state index in [0.29, 0.717) is 16.5 Å². The molecule has 0 saturated carbocycles. The van der Waals surface area contributed by atoms with E-state index < -0.39 is 0 Å². The zero-order chi connectivity index (χ0) is 16.8. The molecule has 122 valence electrons. The second-order valence-corrected chi connectivity index (χ2v) is 5.79. The molecule has 0 radical (unpaired) electrons. The maximum atomic E-state index is 12.4. The minimum Gasteiger partial charge on any atom is -0.495 e. The Hall–Kier alpha value is -2.04. The Morgan fingerprint density at radius 2 is 1.74 bits per heavy atom. The molecule has 0 aliphatic carbocycles. The maximum Gasteiger partial charge on any atom is 0.241 e. The standard InChI is InChI=1S/C18H21ClN2O2/c1-12(14-8-10-15(19)11-9-14)20-13(2)18(22)21-16-6-4-5-7-17(16)23-3/h4-13,20H,1-3H3,(H,21,22)/t12-,13+/m0/s1. The van der Waals surface area contributed by atoms with E-state index in [1.807, 2.05) is 62.4 Å². The van der Waals surface area contributed by atoms with Crippen LogP contribution in [-0.2, 0) is 4.79 Å². The van der Waals surface area contributed by atoms with Crippen LogP contribution >= 0.6 is 11.6 Å². The van der Waals surface area contributed by atoms with Crippen LogP contribution in [0.1, 0.15) is 25.5 Å². The second-order valence-electron chi connectivity index (χ2n) is 5.35. The average Bonchev–Trinajstić information content (AvgIpc) is 2.55. The largest absolute Gasteiger partial charge is 0.495 e. The molecular weight excluding hydrogens is 312 g/mol. The van der Waals surface area contributed by atoms with Gasteiger partial charge in [-0.2, -0.15) is 0 Å². The van der Waals surface area contributed by atoms with Crippen LogP contribution in [0.3, 0.4) is 0 Å². The first kappa shape index (κ1) is 17.3. The first-order valence-electron chi connectivity index (χ1n) is 7.46. The van der Waals surface area contributed by atoms with Gasteiger partial charge in [-0.1, -0.05) is 35.9 Å². The number of carbonyl (C=O) groups is 1. The zero-order valence-electron chi connectivity index (χ0n) is 13.5. The van der Waals surface area contributed by atoms with Crippen molar-refractivity contribution >= 4 is 23.2 Å². The third-order valence-corrected chi connectivity index (χ3v) is 3.88. The molecule has 0 aliphatic rings. The molecule has 0 aromatic heterocycles. The topological polar surface area (TPSA) is 50.4 Å². The van der Waals surface area contributed by atoms with Crippen LogP contribution in [0, 0.1) is 0 Å². The molecule has 0 saturated heterocycles. The Morgan fingerprint density at radius 3 is 2.39 bits per heavy atom. The Labute approximate surface area is 141 Å². The smallest absolute Gasteiger partial charge is 0.241 e. The minimum absolute atomic E-state index is 0.0330. The average molecular weight is 333 g/mol. The lowest BCUT2D eigenvalue weighted by Gasteiger charge is -2.20. The third-order valence-electron chi connectivity index (χ3n) is 3.63. The van der Waals surface area contributed by atoms with Gasteiger partial charge in [0.05, 0.1) is 18.8 Å². The third kappa shape index (κ3) is 4.71. The van der Waals surface area contributed by atoms with E-state index in [9.17, 15) is 4.79 Å². The summed E-state index contributed by atoms with van der Waals surface area (Å²) < 4.78 is 5.24. The summed E-state index contributed by atoms with van der Waals surface area (Å²) in [6.07, 6.45) is 0. The SMILES string of the molecule is COc1ccccc1NC(=O)[C@@H](C)N[C@@H](C)c1ccc(Cl)cc1. The molecule has 1 amide bonds. The molecule has 2 rings (SSSR count). The van der Waals surface area contributed by atoms with Gasteiger partial charge in [0.25, 0.3) is 0 Å². The first-order valence-corrected chi connectivity index (χ1v) is 7.84. The van der Waals surface area contributed by atoms with Crippen molar-refractivity contribution in [1.82, 2.24) is 5.32 Å². The lowest BCUT2D eigenvalue weighted by atomic mass is 10.1. The summed E-state index contributed by atoms with van der Waals surface area (Å²) >= 11 is 5.89. The molecule has 0 aliphatic heterocycles. The number of carbonyl (C=O) groups excluding carboxylic acids is 1. The number of benzene rings is 2. The molecule has 2 aromatic carbocycles. The molecule has 0 unspecified atom stereocenters. The Morgan fingerprint density at radius 1 is 1.09 bits per heavy atom. The predicted octanol–water partition coefficient (Wildman–Crippen LogP) is 4.03. The molecule has 23 heavy (non-hydrogen) atoms. The second kappa shape index (κ2) is 7.99. The number of para-hydroxylation sites is 2. The van der Waals surface area contributed by atoms with Gasteiger partial charge in [-0.25, -0.2) is 0 Å². The molecule has 2 N–H and O–H groups in total. The monoisotopic (exact) mass is 332 g/mol. The molecule has 0 heterocycles. The summed E-state index contributed by atoms with van der Waals surface area (Å²) in [6.45, 7) is 3.84. The van der Waals surface area contributed by atoms with E-state index in [4.69, 9.17) is 16.3 Å². The maximum absolute atomic E-state index is 12.4. The van der Waals surface area contributed by atoms with Gasteiger partial charge in [0.15, 0.2) is 0 Å². The normalized spacial score (nSPS) is 13.2. The van der Waals surface area contributed by atoms with E-state index in [2.05, 4.69) is 10.6 Å². The quantitative estimate of drug-likeness (QED) is 0.839. The minimum atomic E-state index is -0.356. The van der Waals surface area contributed by atoms with E-state index in [1.165, 1.54) is 0 Å². The molecule has 5 heteroatoms. The molecule has 0 spiro atoms. The van der Waals surface area contributed by atoms with Gasteiger partial charge in [-0.05, 0) is 43.7 Å². The van der Waals surface area contributed by atoms with Gasteiger partial charge >= 0.3 is 0 Å². The molecule has 2 aromatic rings. The fourth-order valence-electron chi connectivity index (χ4n) is 2.29. The van der Waals surface area contributed by atoms with E-state index in [0.717, 1.165) is 5.56 Å². The Balaban J connectivity index is 1.98. The summed E-state index contributed by atoms with van der Waals surface area (Å²) in [4.78, 5) is 12.4. The molecule has 0 bridgehead atoms. The summed E-state index contributed by atoms with van der Waals surface area (Å²) in [5.41, 5.74) is 1.74. The predicted molar refractivity (Wildman–Crippen MR) is 94.1 cm³/mol. The van der Waals surface area contributed by atoms with E-state index in [-0.39, 0.29) is 18.0 Å². The number of amides is 1. The van der Waals surface area contributed by atoms with Crippen molar-refractivity contribution in [2.24, 2.45) is 0 Å². The summed E-state index contributed by atoms with van der Waals surface area (Å²) in [7, 11) is 1.58. The van der Waals surface area contributed by atoms with Crippen molar-refractivity contribution in [1.29, 1.82) is 0 Å². The number of hydrogen-bond donors (Lipinski definition) is 2. The van der Waals surface area contributed by atoms with Gasteiger partial charge in [0, 0.05) is 11.1 Å². The number of anilines is 1. The Kier molecular flexibility index (Phi) is 6.02. The van der Waals surface area contributed by atoms with Gasteiger partial charge in [-0.3, -0.25) is 10.1 Å². The van der Waals surface area contributed by atoms with Crippen LogP contribution < -0.4 is 15.4 Å². The molecule has 0 fully saturated rings. The highest BCUT2D eigenvalue weighted by Crippen LogP contribution is 2.23. The molecule has 4 nitrogen and oxygen atoms in total. The van der Waals surface area contributed by atoms with Crippen LogP contribution in [0.5, 0.6) is 5.75 Å². The van der Waals surface area contributed by atoms with Crippen LogP contribution in [-0.4, -0.2) is 19.1 Å². The summed E-state index contributed by atoms with van der Waals surface area (Å²) in [6, 6.07) is 14.6. The van der Waals surface area contributed by atoms with Gasteiger partial charge in [0.2, 0.25) is 5.91 Å². The van der Waals surface area contributed by atoms with Crippen molar-refractivity contribution in [3.05, 3.63) is 59.1 Å².